The average Bonchev–Trinajstić information content (AvgIpc) is 1.52. The van der Waals surface area contributed by atoms with E-state index in [2.05, 4.69) is 104 Å². The molecule has 1 aliphatic heterocycles. The summed E-state index contributed by atoms with van der Waals surface area (Å²) in [7, 11) is 0. The lowest BCUT2D eigenvalue weighted by Crippen LogP contribution is -2.31. The highest BCUT2D eigenvalue weighted by atomic mass is 32.1. The zero-order valence-electron chi connectivity index (χ0n) is 60.9. The van der Waals surface area contributed by atoms with Crippen molar-refractivity contribution in [3.63, 3.8) is 0 Å². The number of hydrogen-bond acceptors (Lipinski definition) is 19. The summed E-state index contributed by atoms with van der Waals surface area (Å²) in [6.07, 6.45) is 24.4. The summed E-state index contributed by atoms with van der Waals surface area (Å²) in [5.74, 6) is 0.753. The molecule has 0 N–H and O–H groups in total. The van der Waals surface area contributed by atoms with E-state index in [4.69, 9.17) is 17.5 Å². The SMILES string of the molecule is CCCCC(CC)CC1(CC(CC)CCCC)c2cc(/C=C3\C(=O)c4cc(C#N)c(C#N)cc4C3=C(C#N)C#N)sc2-c2sc(-c3c4c(c(-c5cc6c(s5)-c5sc(/C=C7\C(=O)c8cc(C#N)c(C#N)cc8C7=C(C#N)C#N)cc5C6(CC(CC)CCCC)CC(CC)CCCC)c5nsnc35)N=S=N4)cc21. The molecule has 0 saturated heterocycles. The Morgan fingerprint density at radius 2 is 0.736 bits per heavy atom. The summed E-state index contributed by atoms with van der Waals surface area (Å²) in [6.45, 7) is 18.3. The van der Waals surface area contributed by atoms with Crippen LogP contribution in [0.1, 0.15) is 270 Å². The fourth-order valence-corrected chi connectivity index (χ4v) is 23.9. The molecule has 0 amide bonds. The number of rotatable bonds is 28. The number of Topliss-reactive ketones (excluding diaryl/α,β-unsaturated/α-hetero) is 2. The highest BCUT2D eigenvalue weighted by Gasteiger charge is 2.51. The molecule has 0 spiro atoms. The van der Waals surface area contributed by atoms with Crippen molar-refractivity contribution in [2.24, 2.45) is 32.4 Å². The second kappa shape index (κ2) is 31.4. The maximum absolute atomic E-state index is 14.8. The van der Waals surface area contributed by atoms with Crippen molar-refractivity contribution in [2.75, 3.05) is 0 Å². The second-order valence-electron chi connectivity index (χ2n) is 28.9. The predicted octanol–water partition coefficient (Wildman–Crippen LogP) is 24.6. The Balaban J connectivity index is 1.01. The number of allylic oxidation sites excluding steroid dienone is 6. The number of fused-ring (bicyclic) bond motifs is 10. The first-order valence-corrected chi connectivity index (χ1v) is 41.9. The number of carbonyl (C=O) groups excluding carboxylic acids is 2. The molecule has 13 rings (SSSR count). The van der Waals surface area contributed by atoms with Crippen LogP contribution in [0.3, 0.4) is 0 Å². The van der Waals surface area contributed by atoms with Gasteiger partial charge in [0.15, 0.2) is 11.6 Å². The Morgan fingerprint density at radius 3 is 1.04 bits per heavy atom. The minimum Gasteiger partial charge on any atom is -0.289 e. The summed E-state index contributed by atoms with van der Waals surface area (Å²) < 4.78 is 21.1. The first-order chi connectivity index (χ1) is 51.6. The third-order valence-electron chi connectivity index (χ3n) is 23.0. The van der Waals surface area contributed by atoms with Crippen LogP contribution in [-0.2, 0) is 22.2 Å². The van der Waals surface area contributed by atoms with Gasteiger partial charge in [-0.1, -0.05) is 158 Å². The molecule has 0 fully saturated rings. The topological polar surface area (TPSA) is 275 Å². The Morgan fingerprint density at radius 1 is 0.425 bits per heavy atom. The molecular weight excluding hydrogens is 1430 g/mol. The number of nitrogens with zero attached hydrogens (tertiary/aromatic N) is 12. The number of hydrogen-bond donors (Lipinski definition) is 0. The molecule has 20 heteroatoms. The van der Waals surface area contributed by atoms with Gasteiger partial charge in [0, 0.05) is 94.4 Å². The molecule has 0 saturated carbocycles. The van der Waals surface area contributed by atoms with Gasteiger partial charge in [-0.3, -0.25) is 9.59 Å². The minimum absolute atomic E-state index is 0.0450. The van der Waals surface area contributed by atoms with Crippen molar-refractivity contribution in [2.45, 2.75) is 195 Å². The number of ketones is 2. The van der Waals surface area contributed by atoms with Gasteiger partial charge in [0.25, 0.3) is 0 Å². The van der Waals surface area contributed by atoms with E-state index in [0.29, 0.717) is 34.8 Å². The van der Waals surface area contributed by atoms with E-state index in [1.165, 1.54) is 69.6 Å². The van der Waals surface area contributed by atoms with Crippen LogP contribution >= 0.6 is 57.1 Å². The standard InChI is InChI=1S/C86H78N12O2S6/c1-9-17-21-47(13-5)35-85(36-48(14-6)22-18-10-2)65-31-57(29-63-71(55(43-91)44-92)59-25-51(39-87)53(41-89)27-61(59)79(63)99)101-81(65)83-67(85)33-69(103-83)73-75-77(97-105-95-75)74(78-76(73)96-106-98-78)70-34-68-84(104-70)82-66(86(68,37-49(15-7)23-19-11-3)38-50(16-8)24-20-12-4)32-58(102-82)30-64-72(56(45-93)46-94)60-26-52(40-88)54(42-90)28-62(60)80(64)100/h25-34,47-50H,9-24,35-38H2,1-8H3/b63-29-,64-30-. The minimum atomic E-state index is -0.442. The fourth-order valence-electron chi connectivity index (χ4n) is 17.4. The van der Waals surface area contributed by atoms with Crippen LogP contribution in [0.5, 0.6) is 0 Å². The van der Waals surface area contributed by atoms with Gasteiger partial charge < -0.3 is 0 Å². The Kier molecular flexibility index (Phi) is 22.1. The summed E-state index contributed by atoms with van der Waals surface area (Å²) in [5, 5.41) is 82.3. The van der Waals surface area contributed by atoms with E-state index in [9.17, 15) is 51.7 Å². The maximum Gasteiger partial charge on any atom is 0.194 e. The lowest BCUT2D eigenvalue weighted by Gasteiger charge is -2.37. The van der Waals surface area contributed by atoms with Crippen LogP contribution in [0.15, 0.2) is 79.5 Å². The van der Waals surface area contributed by atoms with Crippen LogP contribution < -0.4 is 0 Å². The zero-order valence-corrected chi connectivity index (χ0v) is 65.8. The largest absolute Gasteiger partial charge is 0.289 e. The van der Waals surface area contributed by atoms with Crippen LogP contribution in [0.25, 0.3) is 74.7 Å². The molecule has 0 bridgehead atoms. The summed E-state index contributed by atoms with van der Waals surface area (Å²) in [4.78, 5) is 37.8. The normalized spacial score (nSPS) is 17.9. The van der Waals surface area contributed by atoms with E-state index < -0.39 is 22.4 Å². The van der Waals surface area contributed by atoms with Crippen molar-refractivity contribution >= 4 is 126 Å². The van der Waals surface area contributed by atoms with E-state index in [1.807, 2.05) is 36.4 Å². The number of aromatic nitrogens is 2. The summed E-state index contributed by atoms with van der Waals surface area (Å²) in [6, 6.07) is 31.6. The molecule has 4 aliphatic carbocycles. The number of thiophene rings is 4. The van der Waals surface area contributed by atoms with Crippen LogP contribution in [0.4, 0.5) is 11.4 Å². The number of benzene rings is 3. The highest BCUT2D eigenvalue weighted by Crippen LogP contribution is 2.67. The predicted molar refractivity (Wildman–Crippen MR) is 428 cm³/mol. The molecule has 0 radical (unpaired) electrons. The molecule has 5 aromatic heterocycles. The first-order valence-electron chi connectivity index (χ1n) is 37.2. The molecule has 530 valence electrons. The van der Waals surface area contributed by atoms with E-state index >= 15 is 0 Å². The molecule has 5 aliphatic rings. The van der Waals surface area contributed by atoms with Crippen molar-refractivity contribution in [1.29, 1.82) is 42.1 Å². The lowest BCUT2D eigenvalue weighted by molar-refractivity contribution is 0.103. The molecule has 4 unspecified atom stereocenters. The molecule has 3 aromatic carbocycles. The molecule has 8 aromatic rings. The highest BCUT2D eigenvalue weighted by molar-refractivity contribution is 7.58. The van der Waals surface area contributed by atoms with Crippen LogP contribution in [0, 0.1) is 114 Å². The molecule has 6 heterocycles. The van der Waals surface area contributed by atoms with E-state index in [1.54, 1.807) is 45.3 Å². The second-order valence-corrected chi connectivity index (χ2v) is 34.2. The molecule has 4 atom stereocenters. The van der Waals surface area contributed by atoms with Gasteiger partial charge in [0.1, 0.15) is 82.1 Å². The lowest BCUT2D eigenvalue weighted by atomic mass is 9.65. The number of nitriles is 8. The molecule has 106 heavy (non-hydrogen) atoms. The Hall–Kier alpha value is -9.68. The van der Waals surface area contributed by atoms with Gasteiger partial charge in [-0.15, -0.1) is 45.3 Å². The van der Waals surface area contributed by atoms with Gasteiger partial charge in [-0.2, -0.15) is 59.6 Å². The quantitative estimate of drug-likeness (QED) is 0.0327. The maximum atomic E-state index is 14.8. The number of unbranched alkanes of at least 4 members (excludes halogenated alkanes) is 4. The van der Waals surface area contributed by atoms with Crippen LogP contribution in [-0.4, -0.2) is 20.3 Å². The van der Waals surface area contributed by atoms with Crippen molar-refractivity contribution in [1.82, 2.24) is 8.75 Å². The van der Waals surface area contributed by atoms with Crippen molar-refractivity contribution in [3.8, 4) is 88.9 Å². The van der Waals surface area contributed by atoms with Gasteiger partial charge in [0.2, 0.25) is 0 Å². The third-order valence-corrected chi connectivity index (χ3v) is 28.8. The fraction of sp³-hybridized carbons (Fsp3) is 0.395. The van der Waals surface area contributed by atoms with Gasteiger partial charge >= 0.3 is 0 Å². The zero-order chi connectivity index (χ0) is 74.9. The monoisotopic (exact) mass is 1500 g/mol. The van der Waals surface area contributed by atoms with Gasteiger partial charge in [-0.25, -0.2) is 0 Å². The Bertz CT molecular complexity index is 5170. The first kappa shape index (κ1) is 74.6. The van der Waals surface area contributed by atoms with Crippen molar-refractivity contribution < 1.29 is 9.59 Å². The average molecular weight is 1500 g/mol. The summed E-state index contributed by atoms with van der Waals surface area (Å²) in [5.41, 5.74) is 10.3. The van der Waals surface area contributed by atoms with Crippen LogP contribution in [0.2, 0.25) is 0 Å². The van der Waals surface area contributed by atoms with Crippen molar-refractivity contribution in [3.05, 3.63) is 147 Å². The smallest absolute Gasteiger partial charge is 0.194 e. The van der Waals surface area contributed by atoms with Gasteiger partial charge in [0.05, 0.1) is 45.3 Å². The van der Waals surface area contributed by atoms with E-state index in [-0.39, 0.29) is 66.8 Å². The molecular formula is C86H78N12O2S6. The number of carbonyl (C=O) groups is 2. The summed E-state index contributed by atoms with van der Waals surface area (Å²) >= 11 is 9.09. The van der Waals surface area contributed by atoms with Gasteiger partial charge in [-0.05, 0) is 143 Å². The third kappa shape index (κ3) is 12.7. The Labute approximate surface area is 644 Å². The van der Waals surface area contributed by atoms with E-state index in [0.717, 1.165) is 201 Å². The molecule has 14 nitrogen and oxygen atoms in total.